The normalized spacial score (nSPS) is 17.4. The van der Waals surface area contributed by atoms with Crippen LogP contribution >= 0.6 is 0 Å². The molecule has 3 aromatic rings. The molecule has 1 fully saturated rings. The van der Waals surface area contributed by atoms with Crippen molar-refractivity contribution in [2.24, 2.45) is 0 Å². The molecule has 0 spiro atoms. The van der Waals surface area contributed by atoms with Gasteiger partial charge in [0, 0.05) is 11.3 Å². The summed E-state index contributed by atoms with van der Waals surface area (Å²) < 4.78 is 46.0. The van der Waals surface area contributed by atoms with Crippen molar-refractivity contribution in [1.29, 1.82) is 0 Å². The van der Waals surface area contributed by atoms with Crippen LogP contribution in [0.25, 0.3) is 5.76 Å². The van der Waals surface area contributed by atoms with E-state index >= 15 is 0 Å². The van der Waals surface area contributed by atoms with Crippen LogP contribution in [0, 0.1) is 13.8 Å². The van der Waals surface area contributed by atoms with Gasteiger partial charge in [0.1, 0.15) is 11.5 Å². The molecule has 0 saturated carbocycles. The van der Waals surface area contributed by atoms with Gasteiger partial charge in [-0.25, -0.2) is 0 Å². The number of hydrogen-bond donors (Lipinski definition) is 1. The largest absolute Gasteiger partial charge is 0.507 e. The zero-order chi connectivity index (χ0) is 26.9. The number of aryl methyl sites for hydroxylation is 2. The highest BCUT2D eigenvalue weighted by Crippen LogP contribution is 2.43. The number of ether oxygens (including phenoxy) is 1. The maximum atomic E-state index is 13.4. The van der Waals surface area contributed by atoms with E-state index in [1.54, 1.807) is 43.3 Å². The highest BCUT2D eigenvalue weighted by atomic mass is 19.4. The second-order valence-corrected chi connectivity index (χ2v) is 8.96. The third-order valence-corrected chi connectivity index (χ3v) is 6.16. The lowest BCUT2D eigenvalue weighted by Crippen LogP contribution is -2.29. The third-order valence-electron chi connectivity index (χ3n) is 6.16. The van der Waals surface area contributed by atoms with Crippen LogP contribution < -0.4 is 9.64 Å². The fourth-order valence-corrected chi connectivity index (χ4v) is 4.41. The lowest BCUT2D eigenvalue weighted by molar-refractivity contribution is -0.137. The van der Waals surface area contributed by atoms with E-state index in [1.165, 1.54) is 12.1 Å². The van der Waals surface area contributed by atoms with E-state index in [-0.39, 0.29) is 11.3 Å². The van der Waals surface area contributed by atoms with Gasteiger partial charge in [0.05, 0.1) is 23.8 Å². The number of nitrogens with zero attached hydrogens (tertiary/aromatic N) is 1. The van der Waals surface area contributed by atoms with Crippen LogP contribution in [0.1, 0.15) is 47.2 Å². The number of carbonyl (C=O) groups excluding carboxylic acids is 2. The van der Waals surface area contributed by atoms with Crippen molar-refractivity contribution < 1.29 is 32.6 Å². The van der Waals surface area contributed by atoms with Crippen LogP contribution in [-0.4, -0.2) is 23.4 Å². The minimum Gasteiger partial charge on any atom is -0.507 e. The Balaban J connectivity index is 1.90. The molecule has 0 radical (unpaired) electrons. The number of aliphatic hydroxyl groups excluding tert-OH is 1. The van der Waals surface area contributed by atoms with Crippen LogP contribution in [0.4, 0.5) is 18.9 Å². The molecule has 1 unspecified atom stereocenters. The number of anilines is 1. The molecule has 3 aromatic carbocycles. The first-order valence-electron chi connectivity index (χ1n) is 11.8. The molecule has 192 valence electrons. The van der Waals surface area contributed by atoms with Gasteiger partial charge in [-0.05, 0) is 67.8 Å². The summed E-state index contributed by atoms with van der Waals surface area (Å²) in [6.45, 7) is 6.10. The molecule has 1 saturated heterocycles. The number of amides is 1. The van der Waals surface area contributed by atoms with E-state index in [1.807, 2.05) is 19.9 Å². The molecule has 1 N–H and O–H groups in total. The summed E-state index contributed by atoms with van der Waals surface area (Å²) >= 11 is 0. The Morgan fingerprint density at radius 3 is 2.38 bits per heavy atom. The Kier molecular flexibility index (Phi) is 7.12. The molecule has 37 heavy (non-hydrogen) atoms. The number of ketones is 1. The van der Waals surface area contributed by atoms with E-state index in [0.717, 1.165) is 34.6 Å². The summed E-state index contributed by atoms with van der Waals surface area (Å²) in [5.74, 6) is -1.79. The number of carbonyl (C=O) groups is 2. The topological polar surface area (TPSA) is 66.8 Å². The number of halogens is 3. The number of benzene rings is 3. The van der Waals surface area contributed by atoms with Crippen LogP contribution in [0.2, 0.25) is 0 Å². The van der Waals surface area contributed by atoms with Gasteiger partial charge < -0.3 is 9.84 Å². The highest BCUT2D eigenvalue weighted by Gasteiger charge is 2.47. The lowest BCUT2D eigenvalue weighted by Gasteiger charge is -2.26. The van der Waals surface area contributed by atoms with Gasteiger partial charge in [-0.2, -0.15) is 13.2 Å². The number of rotatable bonds is 6. The van der Waals surface area contributed by atoms with Gasteiger partial charge >= 0.3 is 6.18 Å². The molecule has 8 heteroatoms. The molecule has 1 atom stereocenters. The Hall–Kier alpha value is -4.07. The first kappa shape index (κ1) is 26.0. The van der Waals surface area contributed by atoms with Crippen molar-refractivity contribution in [1.82, 2.24) is 0 Å². The average molecular weight is 510 g/mol. The molecule has 0 bridgehead atoms. The van der Waals surface area contributed by atoms with E-state index in [0.29, 0.717) is 23.5 Å². The minimum absolute atomic E-state index is 0.0954. The maximum Gasteiger partial charge on any atom is 0.416 e. The van der Waals surface area contributed by atoms with Crippen molar-refractivity contribution in [3.05, 3.63) is 100 Å². The molecular weight excluding hydrogens is 483 g/mol. The molecular formula is C29H26F3NO4. The maximum absolute atomic E-state index is 13.4. The second-order valence-electron chi connectivity index (χ2n) is 8.96. The Labute approximate surface area is 212 Å². The van der Waals surface area contributed by atoms with Gasteiger partial charge in [0.15, 0.2) is 0 Å². The Morgan fingerprint density at radius 2 is 1.73 bits per heavy atom. The summed E-state index contributed by atoms with van der Waals surface area (Å²) in [7, 11) is 0. The van der Waals surface area contributed by atoms with Crippen LogP contribution in [0.15, 0.2) is 72.3 Å². The van der Waals surface area contributed by atoms with Crippen LogP contribution in [0.3, 0.4) is 0 Å². The van der Waals surface area contributed by atoms with Gasteiger partial charge in [-0.15, -0.1) is 0 Å². The summed E-state index contributed by atoms with van der Waals surface area (Å²) in [4.78, 5) is 27.6. The Bertz CT molecular complexity index is 1390. The SMILES string of the molecule is CCCOc1ccc(/C(O)=C2\C(=O)C(=O)N(c3cccc(C(F)(F)F)c3)C2c2cccc(C)c2)cc1C. The van der Waals surface area contributed by atoms with Gasteiger partial charge in [0.25, 0.3) is 11.7 Å². The van der Waals surface area contributed by atoms with Crippen molar-refractivity contribution >= 4 is 23.1 Å². The van der Waals surface area contributed by atoms with Gasteiger partial charge in [0.2, 0.25) is 0 Å². The minimum atomic E-state index is -4.64. The number of hydrogen-bond acceptors (Lipinski definition) is 4. The molecule has 5 nitrogen and oxygen atoms in total. The van der Waals surface area contributed by atoms with E-state index in [2.05, 4.69) is 0 Å². The fraction of sp³-hybridized carbons (Fsp3) is 0.241. The summed E-state index contributed by atoms with van der Waals surface area (Å²) in [5.41, 5.74) is 1.07. The predicted octanol–water partition coefficient (Wildman–Crippen LogP) is 6.74. The van der Waals surface area contributed by atoms with Crippen molar-refractivity contribution in [3.8, 4) is 5.75 Å². The zero-order valence-electron chi connectivity index (χ0n) is 20.6. The lowest BCUT2D eigenvalue weighted by atomic mass is 9.93. The molecule has 4 rings (SSSR count). The van der Waals surface area contributed by atoms with Crippen molar-refractivity contribution in [3.63, 3.8) is 0 Å². The summed E-state index contributed by atoms with van der Waals surface area (Å²) in [6, 6.07) is 15.0. The number of Topliss-reactive ketones (excluding diaryl/α,β-unsaturated/α-hetero) is 1. The average Bonchev–Trinajstić information content (AvgIpc) is 3.12. The molecule has 1 heterocycles. The Morgan fingerprint density at radius 1 is 1.00 bits per heavy atom. The first-order chi connectivity index (χ1) is 17.5. The third kappa shape index (κ3) is 5.09. The first-order valence-corrected chi connectivity index (χ1v) is 11.8. The van der Waals surface area contributed by atoms with Crippen LogP contribution in [-0.2, 0) is 15.8 Å². The molecule has 0 aromatic heterocycles. The monoisotopic (exact) mass is 509 g/mol. The number of alkyl halides is 3. The van der Waals surface area contributed by atoms with E-state index in [9.17, 15) is 27.9 Å². The molecule has 0 aliphatic carbocycles. The highest BCUT2D eigenvalue weighted by molar-refractivity contribution is 6.51. The van der Waals surface area contributed by atoms with Gasteiger partial charge in [-0.1, -0.05) is 42.8 Å². The van der Waals surface area contributed by atoms with E-state index < -0.39 is 35.2 Å². The smallest absolute Gasteiger partial charge is 0.416 e. The molecule has 1 aliphatic rings. The molecule has 1 amide bonds. The standard InChI is InChI=1S/C29H26F3NO4/c1-4-13-37-23-12-11-20(15-18(23)3)26(34)24-25(19-8-5-7-17(2)14-19)33(28(36)27(24)35)22-10-6-9-21(16-22)29(30,31)32/h5-12,14-16,25,34H,4,13H2,1-3H3/b26-24+. The second kappa shape index (κ2) is 10.1. The number of aliphatic hydroxyl groups is 1. The summed E-state index contributed by atoms with van der Waals surface area (Å²) in [6.07, 6.45) is -3.82. The zero-order valence-corrected chi connectivity index (χ0v) is 20.6. The molecule has 1 aliphatic heterocycles. The fourth-order valence-electron chi connectivity index (χ4n) is 4.41. The van der Waals surface area contributed by atoms with Crippen molar-refractivity contribution in [2.75, 3.05) is 11.5 Å². The van der Waals surface area contributed by atoms with Crippen LogP contribution in [0.5, 0.6) is 5.75 Å². The van der Waals surface area contributed by atoms with Crippen molar-refractivity contribution in [2.45, 2.75) is 39.4 Å². The predicted molar refractivity (Wildman–Crippen MR) is 134 cm³/mol. The van der Waals surface area contributed by atoms with Gasteiger partial charge in [-0.3, -0.25) is 14.5 Å². The summed E-state index contributed by atoms with van der Waals surface area (Å²) in [5, 5.41) is 11.3. The quantitative estimate of drug-likeness (QED) is 0.227. The van der Waals surface area contributed by atoms with E-state index in [4.69, 9.17) is 4.74 Å².